The third-order valence-corrected chi connectivity index (χ3v) is 2.43. The Kier molecular flexibility index (Phi) is 8.81. The third kappa shape index (κ3) is 9.63. The van der Waals surface area contributed by atoms with Crippen molar-refractivity contribution in [2.24, 2.45) is 5.92 Å². The molecule has 0 aliphatic rings. The summed E-state index contributed by atoms with van der Waals surface area (Å²) in [7, 11) is 0. The topological polar surface area (TPSA) is 12.0 Å². The summed E-state index contributed by atoms with van der Waals surface area (Å²) in [5, 5.41) is 3.40. The van der Waals surface area contributed by atoms with Crippen LogP contribution in [-0.2, 0) is 0 Å². The van der Waals surface area contributed by atoms with E-state index in [0.717, 1.165) is 18.9 Å². The molecule has 0 rings (SSSR count). The molecule has 0 saturated carbocycles. The molecule has 0 aromatic carbocycles. The van der Waals surface area contributed by atoms with Gasteiger partial charge in [-0.2, -0.15) is 0 Å². The lowest BCUT2D eigenvalue weighted by Gasteiger charge is -2.10. The van der Waals surface area contributed by atoms with Crippen molar-refractivity contribution >= 4 is 0 Å². The van der Waals surface area contributed by atoms with Crippen LogP contribution in [-0.4, -0.2) is 6.54 Å². The molecule has 1 nitrogen and oxygen atoms in total. The van der Waals surface area contributed by atoms with E-state index in [1.165, 1.54) is 37.8 Å². The van der Waals surface area contributed by atoms with Gasteiger partial charge in [0, 0.05) is 12.2 Å². The largest absolute Gasteiger partial charge is 0.389 e. The zero-order valence-electron chi connectivity index (χ0n) is 10.2. The van der Waals surface area contributed by atoms with Crippen LogP contribution in [0.25, 0.3) is 0 Å². The molecule has 0 bridgehead atoms. The Balaban J connectivity index is 3.18. The average Bonchev–Trinajstić information content (AvgIpc) is 2.14. The Morgan fingerprint density at radius 1 is 1.21 bits per heavy atom. The van der Waals surface area contributed by atoms with Gasteiger partial charge < -0.3 is 5.32 Å². The summed E-state index contributed by atoms with van der Waals surface area (Å²) in [4.78, 5) is 0. The summed E-state index contributed by atoms with van der Waals surface area (Å²) in [6.07, 6.45) is 7.69. The quantitative estimate of drug-likeness (QED) is 0.549. The first-order valence-electron chi connectivity index (χ1n) is 6.08. The molecule has 0 aromatic rings. The molecule has 0 aliphatic heterocycles. The maximum absolute atomic E-state index is 4.03. The Morgan fingerprint density at radius 3 is 2.50 bits per heavy atom. The van der Waals surface area contributed by atoms with Crippen LogP contribution in [0.15, 0.2) is 12.3 Å². The van der Waals surface area contributed by atoms with E-state index in [1.54, 1.807) is 0 Å². The number of allylic oxidation sites excluding steroid dienone is 1. The highest BCUT2D eigenvalue weighted by molar-refractivity contribution is 4.90. The van der Waals surface area contributed by atoms with E-state index >= 15 is 0 Å². The van der Waals surface area contributed by atoms with Gasteiger partial charge in [-0.15, -0.1) is 0 Å². The fourth-order valence-corrected chi connectivity index (χ4v) is 1.37. The zero-order chi connectivity index (χ0) is 10.8. The first-order chi connectivity index (χ1) is 6.66. The zero-order valence-corrected chi connectivity index (χ0v) is 10.2. The van der Waals surface area contributed by atoms with E-state index in [9.17, 15) is 0 Å². The smallest absolute Gasteiger partial charge is 0.0143 e. The van der Waals surface area contributed by atoms with Crippen molar-refractivity contribution in [1.29, 1.82) is 0 Å². The van der Waals surface area contributed by atoms with E-state index < -0.39 is 0 Å². The molecule has 0 fully saturated rings. The Labute approximate surface area is 90.0 Å². The molecule has 0 saturated heterocycles. The van der Waals surface area contributed by atoms with Crippen LogP contribution in [0.5, 0.6) is 0 Å². The van der Waals surface area contributed by atoms with Gasteiger partial charge >= 0.3 is 0 Å². The molecule has 0 amide bonds. The van der Waals surface area contributed by atoms with Crippen molar-refractivity contribution in [2.45, 2.75) is 59.3 Å². The van der Waals surface area contributed by atoms with Gasteiger partial charge in [-0.1, -0.05) is 46.6 Å². The molecule has 0 atom stereocenters. The van der Waals surface area contributed by atoms with Crippen LogP contribution in [0.4, 0.5) is 0 Å². The summed E-state index contributed by atoms with van der Waals surface area (Å²) < 4.78 is 0. The van der Waals surface area contributed by atoms with Gasteiger partial charge in [0.1, 0.15) is 0 Å². The molecular weight excluding hydrogens is 170 g/mol. The molecule has 84 valence electrons. The SMILES string of the molecule is C=C(CCC(C)C)NCCCCCC. The van der Waals surface area contributed by atoms with E-state index in [4.69, 9.17) is 0 Å². The van der Waals surface area contributed by atoms with Gasteiger partial charge in [0.15, 0.2) is 0 Å². The fraction of sp³-hybridized carbons (Fsp3) is 0.846. The Bertz CT molecular complexity index is 138. The van der Waals surface area contributed by atoms with Gasteiger partial charge in [-0.3, -0.25) is 0 Å². The minimum atomic E-state index is 0.786. The van der Waals surface area contributed by atoms with E-state index in [2.05, 4.69) is 32.7 Å². The van der Waals surface area contributed by atoms with Gasteiger partial charge in [0.2, 0.25) is 0 Å². The summed E-state index contributed by atoms with van der Waals surface area (Å²) in [6, 6.07) is 0. The number of rotatable bonds is 9. The lowest BCUT2D eigenvalue weighted by atomic mass is 10.1. The normalized spacial score (nSPS) is 10.6. The minimum absolute atomic E-state index is 0.786. The van der Waals surface area contributed by atoms with Crippen molar-refractivity contribution in [3.8, 4) is 0 Å². The highest BCUT2D eigenvalue weighted by Gasteiger charge is 1.96. The first-order valence-corrected chi connectivity index (χ1v) is 6.08. The molecule has 0 unspecified atom stereocenters. The summed E-state index contributed by atoms with van der Waals surface area (Å²) in [5.74, 6) is 0.786. The fourth-order valence-electron chi connectivity index (χ4n) is 1.37. The second-order valence-electron chi connectivity index (χ2n) is 4.52. The standard InChI is InChI=1S/C13H27N/c1-5-6-7-8-11-14-13(4)10-9-12(2)3/h12,14H,4-11H2,1-3H3. The van der Waals surface area contributed by atoms with E-state index in [-0.39, 0.29) is 0 Å². The Hall–Kier alpha value is -0.460. The van der Waals surface area contributed by atoms with Crippen LogP contribution in [0.1, 0.15) is 59.3 Å². The maximum Gasteiger partial charge on any atom is 0.0143 e. The molecule has 0 radical (unpaired) electrons. The number of nitrogens with one attached hydrogen (secondary N) is 1. The molecule has 1 heteroatoms. The maximum atomic E-state index is 4.03. The summed E-state index contributed by atoms with van der Waals surface area (Å²) in [6.45, 7) is 11.9. The molecule has 0 heterocycles. The first kappa shape index (κ1) is 13.5. The molecule has 14 heavy (non-hydrogen) atoms. The Morgan fingerprint density at radius 2 is 1.93 bits per heavy atom. The molecule has 0 spiro atoms. The van der Waals surface area contributed by atoms with Crippen molar-refractivity contribution in [2.75, 3.05) is 6.54 Å². The van der Waals surface area contributed by atoms with Crippen molar-refractivity contribution < 1.29 is 0 Å². The van der Waals surface area contributed by atoms with Crippen LogP contribution in [0, 0.1) is 5.92 Å². The second kappa shape index (κ2) is 9.11. The van der Waals surface area contributed by atoms with Gasteiger partial charge in [-0.25, -0.2) is 0 Å². The predicted molar refractivity (Wildman–Crippen MR) is 65.4 cm³/mol. The molecular formula is C13H27N. The predicted octanol–water partition coefficient (Wildman–Crippen LogP) is 4.11. The minimum Gasteiger partial charge on any atom is -0.389 e. The van der Waals surface area contributed by atoms with E-state index in [0.29, 0.717) is 0 Å². The van der Waals surface area contributed by atoms with Crippen LogP contribution in [0.2, 0.25) is 0 Å². The van der Waals surface area contributed by atoms with Crippen LogP contribution >= 0.6 is 0 Å². The van der Waals surface area contributed by atoms with Crippen molar-refractivity contribution in [1.82, 2.24) is 5.32 Å². The van der Waals surface area contributed by atoms with Crippen LogP contribution < -0.4 is 5.32 Å². The highest BCUT2D eigenvalue weighted by atomic mass is 14.9. The van der Waals surface area contributed by atoms with Crippen LogP contribution in [0.3, 0.4) is 0 Å². The molecule has 0 aromatic heterocycles. The molecule has 0 aliphatic carbocycles. The lowest BCUT2D eigenvalue weighted by Crippen LogP contribution is -2.14. The number of unbranched alkanes of at least 4 members (excludes halogenated alkanes) is 3. The number of hydrogen-bond acceptors (Lipinski definition) is 1. The second-order valence-corrected chi connectivity index (χ2v) is 4.52. The third-order valence-electron chi connectivity index (χ3n) is 2.43. The van der Waals surface area contributed by atoms with Crippen molar-refractivity contribution in [3.05, 3.63) is 12.3 Å². The monoisotopic (exact) mass is 197 g/mol. The molecule has 1 N–H and O–H groups in total. The van der Waals surface area contributed by atoms with E-state index in [1.807, 2.05) is 0 Å². The average molecular weight is 197 g/mol. The highest BCUT2D eigenvalue weighted by Crippen LogP contribution is 2.07. The number of hydrogen-bond donors (Lipinski definition) is 1. The summed E-state index contributed by atoms with van der Waals surface area (Å²) in [5.41, 5.74) is 1.22. The van der Waals surface area contributed by atoms with Gasteiger partial charge in [0.25, 0.3) is 0 Å². The van der Waals surface area contributed by atoms with Crippen molar-refractivity contribution in [3.63, 3.8) is 0 Å². The lowest BCUT2D eigenvalue weighted by molar-refractivity contribution is 0.559. The van der Waals surface area contributed by atoms with Gasteiger partial charge in [0.05, 0.1) is 0 Å². The van der Waals surface area contributed by atoms with Gasteiger partial charge in [-0.05, 0) is 25.2 Å². The summed E-state index contributed by atoms with van der Waals surface area (Å²) >= 11 is 0.